The summed E-state index contributed by atoms with van der Waals surface area (Å²) < 4.78 is 45.0. The van der Waals surface area contributed by atoms with Crippen LogP contribution in [0.25, 0.3) is 11.0 Å². The maximum Gasteiger partial charge on any atom is 0.416 e. The summed E-state index contributed by atoms with van der Waals surface area (Å²) in [7, 11) is 1.57. The van der Waals surface area contributed by atoms with Crippen LogP contribution in [0, 0.1) is 0 Å². The van der Waals surface area contributed by atoms with Crippen molar-refractivity contribution in [3.63, 3.8) is 0 Å². The van der Waals surface area contributed by atoms with E-state index in [9.17, 15) is 13.2 Å². The molecule has 1 heterocycles. The van der Waals surface area contributed by atoms with E-state index in [0.29, 0.717) is 42.3 Å². The summed E-state index contributed by atoms with van der Waals surface area (Å²) >= 11 is 5.71. The van der Waals surface area contributed by atoms with Gasteiger partial charge in [-0.05, 0) is 18.2 Å². The van der Waals surface area contributed by atoms with Crippen LogP contribution < -0.4 is 0 Å². The first-order valence-corrected chi connectivity index (χ1v) is 6.62. The lowest BCUT2D eigenvalue weighted by Crippen LogP contribution is -2.09. The molecule has 2 rings (SSSR count). The van der Waals surface area contributed by atoms with E-state index in [1.807, 2.05) is 4.57 Å². The number of alkyl halides is 4. The van der Waals surface area contributed by atoms with Crippen molar-refractivity contribution in [3.8, 4) is 0 Å². The molecule has 0 aliphatic carbocycles. The molecule has 2 aromatic rings. The van der Waals surface area contributed by atoms with Crippen molar-refractivity contribution in [1.29, 1.82) is 0 Å². The van der Waals surface area contributed by atoms with E-state index in [4.69, 9.17) is 16.3 Å². The Labute approximate surface area is 119 Å². The SMILES string of the molecule is COCCn1c(CCCl)nc2cc(C(F)(F)F)ccc21. The lowest BCUT2D eigenvalue weighted by molar-refractivity contribution is -0.137. The summed E-state index contributed by atoms with van der Waals surface area (Å²) in [4.78, 5) is 4.25. The summed E-state index contributed by atoms with van der Waals surface area (Å²) in [5.74, 6) is 1.04. The first-order chi connectivity index (χ1) is 9.47. The van der Waals surface area contributed by atoms with Crippen molar-refractivity contribution in [1.82, 2.24) is 9.55 Å². The largest absolute Gasteiger partial charge is 0.416 e. The minimum Gasteiger partial charge on any atom is -0.383 e. The van der Waals surface area contributed by atoms with E-state index < -0.39 is 11.7 Å². The van der Waals surface area contributed by atoms with Gasteiger partial charge in [-0.1, -0.05) is 0 Å². The van der Waals surface area contributed by atoms with Crippen LogP contribution in [0.5, 0.6) is 0 Å². The van der Waals surface area contributed by atoms with Crippen LogP contribution in [0.15, 0.2) is 18.2 Å². The van der Waals surface area contributed by atoms with Crippen molar-refractivity contribution >= 4 is 22.6 Å². The number of aromatic nitrogens is 2. The van der Waals surface area contributed by atoms with Crippen LogP contribution >= 0.6 is 11.6 Å². The Morgan fingerprint density at radius 2 is 2.10 bits per heavy atom. The van der Waals surface area contributed by atoms with Gasteiger partial charge >= 0.3 is 6.18 Å². The second-order valence-electron chi connectivity index (χ2n) is 4.31. The number of methoxy groups -OCH3 is 1. The van der Waals surface area contributed by atoms with Gasteiger partial charge in [0.05, 0.1) is 23.2 Å². The fourth-order valence-electron chi connectivity index (χ4n) is 2.06. The number of aryl methyl sites for hydroxylation is 1. The second-order valence-corrected chi connectivity index (χ2v) is 4.69. The van der Waals surface area contributed by atoms with Gasteiger partial charge in [-0.3, -0.25) is 0 Å². The zero-order chi connectivity index (χ0) is 14.8. The van der Waals surface area contributed by atoms with Gasteiger partial charge in [-0.15, -0.1) is 11.6 Å². The van der Waals surface area contributed by atoms with Crippen LogP contribution in [0.1, 0.15) is 11.4 Å². The fourth-order valence-corrected chi connectivity index (χ4v) is 2.23. The zero-order valence-electron chi connectivity index (χ0n) is 10.9. The van der Waals surface area contributed by atoms with Crippen LogP contribution in [0.3, 0.4) is 0 Å². The predicted molar refractivity (Wildman–Crippen MR) is 71.0 cm³/mol. The Hall–Kier alpha value is -1.27. The van der Waals surface area contributed by atoms with Gasteiger partial charge in [-0.25, -0.2) is 4.98 Å². The Morgan fingerprint density at radius 1 is 1.35 bits per heavy atom. The molecule has 20 heavy (non-hydrogen) atoms. The highest BCUT2D eigenvalue weighted by atomic mass is 35.5. The Balaban J connectivity index is 2.49. The molecule has 1 aromatic heterocycles. The first kappa shape index (κ1) is 15.1. The molecule has 0 unspecified atom stereocenters. The van der Waals surface area contributed by atoms with Crippen LogP contribution in [-0.2, 0) is 23.9 Å². The second kappa shape index (κ2) is 6.01. The van der Waals surface area contributed by atoms with Crippen molar-refractivity contribution in [2.24, 2.45) is 0 Å². The van der Waals surface area contributed by atoms with Gasteiger partial charge in [0.2, 0.25) is 0 Å². The third-order valence-corrected chi connectivity index (χ3v) is 3.18. The third-order valence-electron chi connectivity index (χ3n) is 2.99. The molecular weight excluding hydrogens is 293 g/mol. The molecular formula is C13H14ClF3N2O. The molecule has 110 valence electrons. The third kappa shape index (κ3) is 3.07. The summed E-state index contributed by atoms with van der Waals surface area (Å²) in [5, 5.41) is 0. The summed E-state index contributed by atoms with van der Waals surface area (Å²) in [5.41, 5.74) is 0.296. The molecule has 0 atom stereocenters. The monoisotopic (exact) mass is 306 g/mol. The van der Waals surface area contributed by atoms with Crippen molar-refractivity contribution in [3.05, 3.63) is 29.6 Å². The maximum absolute atomic E-state index is 12.7. The molecule has 0 aliphatic rings. The van der Waals surface area contributed by atoms with Crippen molar-refractivity contribution in [2.45, 2.75) is 19.1 Å². The Bertz CT molecular complexity index is 595. The number of halogens is 4. The Kier molecular flexibility index (Phi) is 4.55. The van der Waals surface area contributed by atoms with Crippen LogP contribution in [0.4, 0.5) is 13.2 Å². The average Bonchev–Trinajstić information content (AvgIpc) is 2.72. The van der Waals surface area contributed by atoms with Crippen LogP contribution in [-0.4, -0.2) is 29.1 Å². The molecule has 0 saturated heterocycles. The zero-order valence-corrected chi connectivity index (χ0v) is 11.6. The number of ether oxygens (including phenoxy) is 1. The molecule has 0 fully saturated rings. The van der Waals surface area contributed by atoms with E-state index in [-0.39, 0.29) is 0 Å². The molecule has 0 saturated carbocycles. The summed E-state index contributed by atoms with van der Waals surface area (Å²) in [6.45, 7) is 0.992. The number of rotatable bonds is 5. The van der Waals surface area contributed by atoms with Gasteiger partial charge in [0.25, 0.3) is 0 Å². The molecule has 0 amide bonds. The molecule has 0 N–H and O–H groups in total. The van der Waals surface area contributed by atoms with Gasteiger partial charge in [-0.2, -0.15) is 13.2 Å². The fraction of sp³-hybridized carbons (Fsp3) is 0.462. The minimum atomic E-state index is -4.36. The molecule has 0 aliphatic heterocycles. The number of hydrogen-bond acceptors (Lipinski definition) is 2. The van der Waals surface area contributed by atoms with Crippen molar-refractivity contribution < 1.29 is 17.9 Å². The molecule has 0 spiro atoms. The van der Waals surface area contributed by atoms with E-state index in [0.717, 1.165) is 12.1 Å². The smallest absolute Gasteiger partial charge is 0.383 e. The highest BCUT2D eigenvalue weighted by Crippen LogP contribution is 2.31. The van der Waals surface area contributed by atoms with E-state index in [1.165, 1.54) is 6.07 Å². The van der Waals surface area contributed by atoms with E-state index >= 15 is 0 Å². The van der Waals surface area contributed by atoms with Crippen molar-refractivity contribution in [2.75, 3.05) is 19.6 Å². The van der Waals surface area contributed by atoms with E-state index in [1.54, 1.807) is 7.11 Å². The lowest BCUT2D eigenvalue weighted by atomic mass is 10.2. The molecule has 3 nitrogen and oxygen atoms in total. The van der Waals surface area contributed by atoms with E-state index in [2.05, 4.69) is 4.98 Å². The minimum absolute atomic E-state index is 0.330. The summed E-state index contributed by atoms with van der Waals surface area (Å²) in [6.07, 6.45) is -3.86. The van der Waals surface area contributed by atoms with Gasteiger partial charge in [0, 0.05) is 26.0 Å². The van der Waals surface area contributed by atoms with Gasteiger partial charge < -0.3 is 9.30 Å². The number of benzene rings is 1. The normalized spacial score (nSPS) is 12.2. The quantitative estimate of drug-likeness (QED) is 0.791. The van der Waals surface area contributed by atoms with Gasteiger partial charge in [0.15, 0.2) is 0 Å². The first-order valence-electron chi connectivity index (χ1n) is 6.08. The molecule has 1 aromatic carbocycles. The lowest BCUT2D eigenvalue weighted by Gasteiger charge is -2.08. The molecule has 7 heteroatoms. The highest BCUT2D eigenvalue weighted by molar-refractivity contribution is 6.17. The summed E-state index contributed by atoms with van der Waals surface area (Å²) in [6, 6.07) is 3.58. The van der Waals surface area contributed by atoms with Gasteiger partial charge in [0.1, 0.15) is 5.82 Å². The number of fused-ring (bicyclic) bond motifs is 1. The molecule has 0 radical (unpaired) electrons. The average molecular weight is 307 g/mol. The maximum atomic E-state index is 12.7. The molecule has 0 bridgehead atoms. The topological polar surface area (TPSA) is 27.1 Å². The Morgan fingerprint density at radius 3 is 2.70 bits per heavy atom. The predicted octanol–water partition coefficient (Wildman–Crippen LogP) is 3.48. The number of imidazole rings is 1. The number of hydrogen-bond donors (Lipinski definition) is 0. The highest BCUT2D eigenvalue weighted by Gasteiger charge is 2.31. The van der Waals surface area contributed by atoms with Crippen LogP contribution in [0.2, 0.25) is 0 Å². The number of nitrogens with zero attached hydrogens (tertiary/aromatic N) is 2. The standard InChI is InChI=1S/C13H14ClF3N2O/c1-20-7-6-19-11-3-2-9(13(15,16)17)8-10(11)18-12(19)4-5-14/h2-3,8H,4-7H2,1H3.